The van der Waals surface area contributed by atoms with Crippen molar-refractivity contribution in [3.8, 4) is 0 Å². The molecule has 0 spiro atoms. The minimum absolute atomic E-state index is 0.00423. The average molecular weight is 1530 g/mol. The number of nitrogens with two attached hydrogens (primary N) is 1. The quantitative estimate of drug-likeness (QED) is 0.0773. The van der Waals surface area contributed by atoms with Crippen molar-refractivity contribution < 1.29 is 78.3 Å². The van der Waals surface area contributed by atoms with Crippen LogP contribution >= 0.6 is 35.3 Å². The third-order valence-electron chi connectivity index (χ3n) is 19.2. The molecule has 0 saturated carbocycles. The number of carboxylic acid groups (broad SMARTS) is 1. The van der Waals surface area contributed by atoms with Crippen LogP contribution in [0.2, 0.25) is 0 Å². The Morgan fingerprint density at radius 1 is 0.676 bits per heavy atom. The molecule has 11 atom stereocenters. The average Bonchev–Trinajstić information content (AvgIpc) is 1.63. The second-order valence-corrected chi connectivity index (χ2v) is 33.3. The fourth-order valence-corrected chi connectivity index (χ4v) is 18.9. The first-order chi connectivity index (χ1) is 49.0. The molecule has 0 aliphatic carbocycles. The summed E-state index contributed by atoms with van der Waals surface area (Å²) in [5, 5.41) is 29.6. The number of Topliss-reactive ketones (excluding diaryl/α,β-unsaturated/α-hetero) is 3. The third kappa shape index (κ3) is 26.1. The van der Waals surface area contributed by atoms with Crippen molar-refractivity contribution in [2.45, 2.75) is 164 Å². The van der Waals surface area contributed by atoms with E-state index in [0.717, 1.165) is 29.5 Å². The van der Waals surface area contributed by atoms with Crippen LogP contribution in [0.1, 0.15) is 126 Å². The summed E-state index contributed by atoms with van der Waals surface area (Å²) in [5.74, 6) is -6.57. The number of carboxylic acids is 1. The van der Waals surface area contributed by atoms with E-state index < -0.39 is 132 Å². The van der Waals surface area contributed by atoms with Crippen LogP contribution in [0.4, 0.5) is 0 Å². The van der Waals surface area contributed by atoms with Gasteiger partial charge in [-0.1, -0.05) is 68.3 Å². The minimum atomic E-state index is -3.78. The number of nitrogens with one attached hydrogen (secondary N) is 3. The Bertz CT molecular complexity index is 3250. The SMILES string of the molecule is C=C1CN2CCN(CC(=O)CCCSCc3cc4cc(c3)CSC[C@H](CC(=O)CCCCC)C(=O)N3CCC[C@H]3C(=O)N3CCC[C@H]3C(=O)N[C@@H]([C@@H](C)O)C(=O)N[C@@H](CCC(N)=O)C(=O)N[C@@H](Cc3ccccc3)C(=O)C[C@H](C(=O)O)CSC4)CCN3CCN(CC2)CC(=O)[O][Ga]([O]1)[O]C(=O)C3. The summed E-state index contributed by atoms with van der Waals surface area (Å²) < 4.78 is 17.2. The molecular formula is C71H101GaN10O17S3. The van der Waals surface area contributed by atoms with E-state index in [1.807, 2.05) is 22.8 Å². The van der Waals surface area contributed by atoms with Gasteiger partial charge in [0.25, 0.3) is 0 Å². The number of nitrogens with zero attached hydrogens (tertiary/aromatic N) is 6. The van der Waals surface area contributed by atoms with Crippen LogP contribution in [0, 0.1) is 11.8 Å². The first-order valence-electron chi connectivity index (χ1n) is 35.8. The van der Waals surface area contributed by atoms with Crippen molar-refractivity contribution >= 4 is 123 Å². The Labute approximate surface area is 616 Å². The topological polar surface area (TPSA) is 355 Å². The van der Waals surface area contributed by atoms with E-state index in [-0.39, 0.29) is 87.4 Å². The number of hydrogen-bond acceptors (Lipinski definition) is 23. The summed E-state index contributed by atoms with van der Waals surface area (Å²) in [6.45, 7) is 12.8. The summed E-state index contributed by atoms with van der Waals surface area (Å²) in [7, 11) is 0. The number of rotatable bonds is 21. The van der Waals surface area contributed by atoms with Gasteiger partial charge in [-0.2, -0.15) is 35.3 Å². The number of benzene rings is 2. The van der Waals surface area contributed by atoms with Crippen LogP contribution in [-0.2, 0) is 91.8 Å². The second kappa shape index (κ2) is 41.4. The molecule has 3 unspecified atom stereocenters. The van der Waals surface area contributed by atoms with Crippen molar-refractivity contribution in [3.05, 3.63) is 83.1 Å². The Morgan fingerprint density at radius 2 is 1.27 bits per heavy atom. The van der Waals surface area contributed by atoms with Gasteiger partial charge in [-0.15, -0.1) is 0 Å². The summed E-state index contributed by atoms with van der Waals surface area (Å²) >= 11 is 0.688. The molecule has 5 saturated heterocycles. The Kier molecular flexibility index (Phi) is 33.0. The number of fused-ring (bicyclic) bond motifs is 11. The number of primary amides is 1. The number of hydrogen-bond donors (Lipinski definition) is 6. The monoisotopic (exact) mass is 1530 g/mol. The number of unbranched alkanes of at least 4 members (excludes halogenated alkanes) is 2. The molecule has 5 fully saturated rings. The van der Waals surface area contributed by atoms with Crippen LogP contribution in [0.5, 0.6) is 0 Å². The molecule has 6 heterocycles. The number of thioether (sulfide) groups is 3. The molecule has 6 aliphatic heterocycles. The van der Waals surface area contributed by atoms with Crippen LogP contribution in [0.25, 0.3) is 0 Å². The van der Waals surface area contributed by atoms with Gasteiger partial charge in [0, 0.05) is 67.5 Å². The van der Waals surface area contributed by atoms with Gasteiger partial charge in [-0.25, -0.2) is 0 Å². The number of ketones is 3. The van der Waals surface area contributed by atoms with Crippen molar-refractivity contribution in [3.63, 3.8) is 0 Å². The predicted octanol–water partition coefficient (Wildman–Crippen LogP) is 2.74. The number of aliphatic hydroxyl groups is 1. The van der Waals surface area contributed by atoms with Crippen LogP contribution in [0.3, 0.4) is 0 Å². The molecule has 6 amide bonds. The zero-order chi connectivity index (χ0) is 73.2. The number of carbonyl (C=O) groups excluding carboxylic acids is 11. The third-order valence-corrected chi connectivity index (χ3v) is 25.6. The van der Waals surface area contributed by atoms with Gasteiger partial charge in [0.1, 0.15) is 30.0 Å². The van der Waals surface area contributed by atoms with E-state index in [0.29, 0.717) is 138 Å². The van der Waals surface area contributed by atoms with Gasteiger partial charge in [-0.05, 0) is 74.1 Å². The molecule has 6 bridgehead atoms. The summed E-state index contributed by atoms with van der Waals surface area (Å²) in [6, 6.07) is 8.32. The molecule has 6 aliphatic rings. The molecule has 558 valence electrons. The standard InChI is InChI=1S/C71H104N10O17S3.Ga/c1-4-5-7-15-55(84)36-53-45-100-43-51-32-50(42-99-31-12-16-56(85)39-77-25-23-76(38-47(2)82)24-27-78(40-63(88)89)29-30-79(28-26-77)41-64(90)91)33-52(34-51)44-101-46-54(71(97)98)37-61(86)58(35-49-13-8-6-9-14-49)74-66(92)57(19-20-62(72)87)73-68(94)65(48(3)83)75-67(93)59-17-10-21-80(59)70(96)60-18-11-22-81(60)69(53)95;/h6,8-9,13-14,32-34,48,53-54,57-60,65,82-83H,2,4-5,7,10-12,15-31,35-46H2,1,3H3,(H2,72,87)(H,73,94)(H,74,92)(H,75,93)(H,88,89)(H,90,91)(H,97,98);/q;+3/p-3/t48-,53+,54+,57+,58+,59+,60+,65+;/m1./s1. The molecule has 31 heteroatoms. The van der Waals surface area contributed by atoms with Crippen molar-refractivity contribution in [1.29, 1.82) is 0 Å². The Balaban J connectivity index is 1.01. The number of amides is 6. The van der Waals surface area contributed by atoms with E-state index in [1.54, 1.807) is 47.0 Å². The van der Waals surface area contributed by atoms with Crippen LogP contribution in [-0.4, -0.2) is 273 Å². The van der Waals surface area contributed by atoms with Crippen molar-refractivity contribution in [2.24, 2.45) is 17.6 Å². The van der Waals surface area contributed by atoms with E-state index in [1.165, 1.54) is 35.3 Å². The zero-order valence-electron chi connectivity index (χ0n) is 58.8. The number of aliphatic carboxylic acids is 1. The molecule has 27 nitrogen and oxygen atoms in total. The van der Waals surface area contributed by atoms with Gasteiger partial charge >= 0.3 is 195 Å². The molecule has 0 aromatic heterocycles. The molecule has 8 rings (SSSR count). The normalized spacial score (nSPS) is 26.5. The Morgan fingerprint density at radius 3 is 1.90 bits per heavy atom. The summed E-state index contributed by atoms with van der Waals surface area (Å²) in [6.07, 6.45) is 2.21. The fourth-order valence-electron chi connectivity index (χ4n) is 13.6. The first-order valence-corrected chi connectivity index (χ1v) is 42.2. The molecule has 7 N–H and O–H groups in total. The van der Waals surface area contributed by atoms with Gasteiger partial charge in [0.05, 0.1) is 24.0 Å². The van der Waals surface area contributed by atoms with Crippen molar-refractivity contribution in [1.82, 2.24) is 45.3 Å². The number of carbonyl (C=O) groups is 12. The van der Waals surface area contributed by atoms with E-state index >= 15 is 0 Å². The molecular weight excluding hydrogens is 1430 g/mol. The molecule has 2 aromatic rings. The zero-order valence-corrected chi connectivity index (χ0v) is 63.6. The fraction of sp³-hybridized carbons (Fsp3) is 0.634. The van der Waals surface area contributed by atoms with E-state index in [2.05, 4.69) is 44.5 Å². The van der Waals surface area contributed by atoms with Gasteiger partial charge in [0.2, 0.25) is 35.4 Å². The van der Waals surface area contributed by atoms with Crippen LogP contribution in [0.15, 0.2) is 60.9 Å². The maximum atomic E-state index is 15.0. The maximum absolute atomic E-state index is 15.0. The van der Waals surface area contributed by atoms with E-state index in [4.69, 9.17) is 16.3 Å². The molecule has 0 radical (unpaired) electrons. The molecule has 102 heavy (non-hydrogen) atoms. The number of aliphatic hydroxyl groups excluding tert-OH is 1. The summed E-state index contributed by atoms with van der Waals surface area (Å²) in [5.41, 5.74) is 8.92. The predicted molar refractivity (Wildman–Crippen MR) is 387 cm³/mol. The summed E-state index contributed by atoms with van der Waals surface area (Å²) in [4.78, 5) is 178. The van der Waals surface area contributed by atoms with Crippen LogP contribution < -0.4 is 21.7 Å². The second-order valence-electron chi connectivity index (χ2n) is 27.4. The van der Waals surface area contributed by atoms with Gasteiger partial charge in [-0.3, -0.25) is 43.2 Å². The first kappa shape index (κ1) is 81.4. The van der Waals surface area contributed by atoms with Crippen molar-refractivity contribution in [2.75, 3.05) is 109 Å². The Hall–Kier alpha value is -6.29. The van der Waals surface area contributed by atoms with Gasteiger partial charge in [0.15, 0.2) is 5.78 Å². The van der Waals surface area contributed by atoms with E-state index in [9.17, 15) is 67.7 Å². The van der Waals surface area contributed by atoms with Gasteiger partial charge < -0.3 is 41.7 Å². The molecule has 2 aromatic carbocycles.